The van der Waals surface area contributed by atoms with Crippen LogP contribution in [0.3, 0.4) is 0 Å². The monoisotopic (exact) mass is 268 g/mol. The maximum absolute atomic E-state index is 13.2. The molecule has 0 unspecified atom stereocenters. The van der Waals surface area contributed by atoms with E-state index in [1.807, 2.05) is 0 Å². The Hall–Kier alpha value is -1.72. The molecule has 1 N–H and O–H groups in total. The van der Waals surface area contributed by atoms with Gasteiger partial charge in [0.1, 0.15) is 18.2 Å². The van der Waals surface area contributed by atoms with Crippen LogP contribution in [-0.2, 0) is 11.3 Å². The summed E-state index contributed by atoms with van der Waals surface area (Å²) in [6.07, 6.45) is 0. The predicted molar refractivity (Wildman–Crippen MR) is 66.0 cm³/mol. The Morgan fingerprint density at radius 1 is 1.44 bits per heavy atom. The molecule has 2 rings (SSSR count). The molecule has 6 heteroatoms. The predicted octanol–water partition coefficient (Wildman–Crippen LogP) is 2.38. The van der Waals surface area contributed by atoms with Crippen LogP contribution in [0, 0.1) is 5.82 Å². The second-order valence-corrected chi connectivity index (χ2v) is 4.04. The van der Waals surface area contributed by atoms with Crippen LogP contribution in [0.2, 0.25) is 5.02 Å². The molecule has 0 spiro atoms. The number of nitrogens with one attached hydrogen (secondary N) is 1. The van der Waals surface area contributed by atoms with E-state index in [4.69, 9.17) is 16.3 Å². The van der Waals surface area contributed by atoms with Gasteiger partial charge < -0.3 is 9.72 Å². The summed E-state index contributed by atoms with van der Waals surface area (Å²) in [6, 6.07) is 5.17. The number of aromatic nitrogens is 2. The molecule has 2 aromatic rings. The van der Waals surface area contributed by atoms with Crippen molar-refractivity contribution in [1.82, 2.24) is 9.97 Å². The Labute approximate surface area is 107 Å². The minimum Gasteiger partial charge on any atom is -0.377 e. The highest BCUT2D eigenvalue weighted by Gasteiger charge is 2.09. The molecular weight excluding hydrogens is 259 g/mol. The first-order chi connectivity index (χ1) is 8.60. The Morgan fingerprint density at radius 2 is 2.22 bits per heavy atom. The van der Waals surface area contributed by atoms with E-state index >= 15 is 0 Å². The molecule has 0 amide bonds. The molecule has 1 heterocycles. The number of ether oxygens (including phenoxy) is 1. The normalized spacial score (nSPS) is 10.6. The lowest BCUT2D eigenvalue weighted by Gasteiger charge is -2.05. The number of aromatic amines is 1. The SMILES string of the molecule is COCc1nc(-c2cc(F)ccc2Cl)cc(=O)[nH]1. The number of halogens is 2. The van der Waals surface area contributed by atoms with Gasteiger partial charge in [-0.3, -0.25) is 4.79 Å². The maximum atomic E-state index is 13.2. The molecule has 0 aliphatic carbocycles. The lowest BCUT2D eigenvalue weighted by molar-refractivity contribution is 0.177. The molecule has 1 aromatic heterocycles. The summed E-state index contributed by atoms with van der Waals surface area (Å²) in [7, 11) is 1.49. The van der Waals surface area contributed by atoms with Gasteiger partial charge in [-0.2, -0.15) is 0 Å². The first kappa shape index (κ1) is 12.7. The average Bonchev–Trinajstić information content (AvgIpc) is 2.32. The summed E-state index contributed by atoms with van der Waals surface area (Å²) in [5.74, 6) is -0.0786. The van der Waals surface area contributed by atoms with E-state index in [1.54, 1.807) is 0 Å². The average molecular weight is 269 g/mol. The molecule has 0 aliphatic heterocycles. The molecular formula is C12H10ClFN2O2. The summed E-state index contributed by atoms with van der Waals surface area (Å²) in [6.45, 7) is 0.163. The Kier molecular flexibility index (Phi) is 3.74. The van der Waals surface area contributed by atoms with Gasteiger partial charge in [0.25, 0.3) is 5.56 Å². The van der Waals surface area contributed by atoms with Crippen LogP contribution in [-0.4, -0.2) is 17.1 Å². The number of rotatable bonds is 3. The molecule has 18 heavy (non-hydrogen) atoms. The van der Waals surface area contributed by atoms with Gasteiger partial charge >= 0.3 is 0 Å². The summed E-state index contributed by atoms with van der Waals surface area (Å²) in [4.78, 5) is 18.2. The van der Waals surface area contributed by atoms with Crippen LogP contribution < -0.4 is 5.56 Å². The fourth-order valence-corrected chi connectivity index (χ4v) is 1.76. The zero-order chi connectivity index (χ0) is 13.1. The first-order valence-electron chi connectivity index (χ1n) is 5.15. The molecule has 94 valence electrons. The van der Waals surface area contributed by atoms with E-state index in [2.05, 4.69) is 9.97 Å². The molecule has 0 fully saturated rings. The van der Waals surface area contributed by atoms with Gasteiger partial charge in [-0.15, -0.1) is 0 Å². The van der Waals surface area contributed by atoms with Crippen molar-refractivity contribution < 1.29 is 9.13 Å². The largest absolute Gasteiger partial charge is 0.377 e. The molecule has 4 nitrogen and oxygen atoms in total. The van der Waals surface area contributed by atoms with E-state index in [1.165, 1.54) is 31.4 Å². The van der Waals surface area contributed by atoms with Crippen molar-refractivity contribution in [3.8, 4) is 11.3 Å². The third-order valence-corrected chi connectivity index (χ3v) is 2.61. The van der Waals surface area contributed by atoms with Gasteiger partial charge in [-0.05, 0) is 18.2 Å². The van der Waals surface area contributed by atoms with Crippen molar-refractivity contribution in [2.24, 2.45) is 0 Å². The minimum atomic E-state index is -0.440. The Morgan fingerprint density at radius 3 is 2.94 bits per heavy atom. The standard InChI is InChI=1S/C12H10ClFN2O2/c1-18-6-11-15-10(5-12(17)16-11)8-4-7(14)2-3-9(8)13/h2-5H,6H2,1H3,(H,15,16,17). The van der Waals surface area contributed by atoms with Crippen molar-refractivity contribution in [2.45, 2.75) is 6.61 Å². The second-order valence-electron chi connectivity index (χ2n) is 3.63. The number of benzene rings is 1. The lowest BCUT2D eigenvalue weighted by atomic mass is 10.1. The second kappa shape index (κ2) is 5.29. The summed E-state index contributed by atoms with van der Waals surface area (Å²) in [5.41, 5.74) is 0.350. The maximum Gasteiger partial charge on any atom is 0.251 e. The van der Waals surface area contributed by atoms with Gasteiger partial charge in [0.15, 0.2) is 0 Å². The quantitative estimate of drug-likeness (QED) is 0.930. The van der Waals surface area contributed by atoms with Crippen molar-refractivity contribution in [3.63, 3.8) is 0 Å². The fourth-order valence-electron chi connectivity index (χ4n) is 1.54. The molecule has 1 aromatic carbocycles. The summed E-state index contributed by atoms with van der Waals surface area (Å²) < 4.78 is 18.1. The van der Waals surface area contributed by atoms with E-state index in [-0.39, 0.29) is 12.2 Å². The summed E-state index contributed by atoms with van der Waals surface area (Å²) in [5, 5.41) is 0.331. The highest BCUT2D eigenvalue weighted by molar-refractivity contribution is 6.33. The molecule has 0 atom stereocenters. The molecule has 0 aliphatic rings. The van der Waals surface area contributed by atoms with Crippen LogP contribution in [0.25, 0.3) is 11.3 Å². The Balaban J connectivity index is 2.56. The third kappa shape index (κ3) is 2.75. The van der Waals surface area contributed by atoms with Crippen LogP contribution >= 0.6 is 11.6 Å². The molecule has 0 bridgehead atoms. The topological polar surface area (TPSA) is 55.0 Å². The van der Waals surface area contributed by atoms with Gasteiger partial charge in [0.05, 0.1) is 10.7 Å². The van der Waals surface area contributed by atoms with Crippen LogP contribution in [0.1, 0.15) is 5.82 Å². The Bertz CT molecular complexity index is 628. The van der Waals surface area contributed by atoms with Crippen LogP contribution in [0.5, 0.6) is 0 Å². The van der Waals surface area contributed by atoms with E-state index in [0.717, 1.165) is 0 Å². The fraction of sp³-hybridized carbons (Fsp3) is 0.167. The summed E-state index contributed by atoms with van der Waals surface area (Å²) >= 11 is 5.96. The number of hydrogen-bond donors (Lipinski definition) is 1. The van der Waals surface area contributed by atoms with Crippen molar-refractivity contribution in [3.05, 3.63) is 51.3 Å². The van der Waals surface area contributed by atoms with E-state index < -0.39 is 5.82 Å². The van der Waals surface area contributed by atoms with E-state index in [9.17, 15) is 9.18 Å². The number of hydrogen-bond acceptors (Lipinski definition) is 3. The highest BCUT2D eigenvalue weighted by Crippen LogP contribution is 2.26. The first-order valence-corrected chi connectivity index (χ1v) is 5.52. The zero-order valence-corrected chi connectivity index (χ0v) is 10.3. The molecule has 0 radical (unpaired) electrons. The van der Waals surface area contributed by atoms with Gasteiger partial charge in [-0.25, -0.2) is 9.37 Å². The number of methoxy groups -OCH3 is 1. The van der Waals surface area contributed by atoms with Crippen molar-refractivity contribution in [2.75, 3.05) is 7.11 Å². The highest BCUT2D eigenvalue weighted by atomic mass is 35.5. The molecule has 0 saturated heterocycles. The van der Waals surface area contributed by atoms with Gasteiger partial charge in [0, 0.05) is 18.7 Å². The third-order valence-electron chi connectivity index (χ3n) is 2.28. The van der Waals surface area contributed by atoms with Crippen molar-refractivity contribution >= 4 is 11.6 Å². The minimum absolute atomic E-state index is 0.163. The van der Waals surface area contributed by atoms with Crippen LogP contribution in [0.4, 0.5) is 4.39 Å². The van der Waals surface area contributed by atoms with Crippen molar-refractivity contribution in [1.29, 1.82) is 0 Å². The zero-order valence-electron chi connectivity index (χ0n) is 9.54. The molecule has 0 saturated carbocycles. The smallest absolute Gasteiger partial charge is 0.251 e. The van der Waals surface area contributed by atoms with Gasteiger partial charge in [0.2, 0.25) is 0 Å². The van der Waals surface area contributed by atoms with Crippen LogP contribution in [0.15, 0.2) is 29.1 Å². The number of nitrogens with zero attached hydrogens (tertiary/aromatic N) is 1. The lowest BCUT2D eigenvalue weighted by Crippen LogP contribution is -2.11. The van der Waals surface area contributed by atoms with E-state index in [0.29, 0.717) is 22.1 Å². The van der Waals surface area contributed by atoms with Gasteiger partial charge in [-0.1, -0.05) is 11.6 Å². The number of H-pyrrole nitrogens is 1.